The number of nitrogen functional groups attached to an aromatic ring is 1. The summed E-state index contributed by atoms with van der Waals surface area (Å²) < 4.78 is 0.933. The third-order valence-corrected chi connectivity index (χ3v) is 3.78. The van der Waals surface area contributed by atoms with Gasteiger partial charge in [0, 0.05) is 23.2 Å². The Morgan fingerprint density at radius 2 is 2.24 bits per heavy atom. The summed E-state index contributed by atoms with van der Waals surface area (Å²) in [5.41, 5.74) is 8.67. The molecule has 2 rings (SSSR count). The maximum atomic E-state index is 11.6. The number of aryl methyl sites for hydroxylation is 1. The Kier molecular flexibility index (Phi) is 3.28. The van der Waals surface area contributed by atoms with Crippen molar-refractivity contribution in [3.63, 3.8) is 0 Å². The highest BCUT2D eigenvalue weighted by atomic mass is 79.9. The van der Waals surface area contributed by atoms with Crippen LogP contribution in [0.3, 0.4) is 0 Å². The Labute approximate surface area is 109 Å². The molecule has 3 N–H and O–H groups in total. The number of nitrogens with two attached hydrogens (primary N) is 1. The van der Waals surface area contributed by atoms with E-state index < -0.39 is 0 Å². The van der Waals surface area contributed by atoms with Crippen molar-refractivity contribution >= 4 is 33.2 Å². The Hall–Kier alpha value is -1.23. The van der Waals surface area contributed by atoms with Gasteiger partial charge in [0.2, 0.25) is 5.91 Å². The number of carbonyl (C=O) groups excluding carboxylic acids is 1. The van der Waals surface area contributed by atoms with E-state index in [1.165, 1.54) is 0 Å². The van der Waals surface area contributed by atoms with E-state index in [1.807, 2.05) is 26.0 Å². The van der Waals surface area contributed by atoms with Crippen LogP contribution in [0.2, 0.25) is 0 Å². The van der Waals surface area contributed by atoms with E-state index in [4.69, 9.17) is 5.73 Å². The first-order valence-corrected chi connectivity index (χ1v) is 6.40. The Balaban J connectivity index is 2.39. The minimum absolute atomic E-state index is 0.0672. The SMILES string of the molecule is Cc1cc(N2CCNC(=O)C2C)c(Br)cc1N. The van der Waals surface area contributed by atoms with Gasteiger partial charge < -0.3 is 16.0 Å². The van der Waals surface area contributed by atoms with Gasteiger partial charge in [-0.15, -0.1) is 0 Å². The van der Waals surface area contributed by atoms with Gasteiger partial charge in [0.1, 0.15) is 6.04 Å². The Bertz CT molecular complexity index is 461. The molecule has 1 atom stereocenters. The third-order valence-electron chi connectivity index (χ3n) is 3.14. The first-order valence-electron chi connectivity index (χ1n) is 5.60. The lowest BCUT2D eigenvalue weighted by Crippen LogP contribution is -2.54. The predicted octanol–water partition coefficient (Wildman–Crippen LogP) is 1.66. The first-order chi connectivity index (χ1) is 8.00. The second-order valence-corrected chi connectivity index (χ2v) is 5.17. The summed E-state index contributed by atoms with van der Waals surface area (Å²) in [5.74, 6) is 0.0672. The highest BCUT2D eigenvalue weighted by Crippen LogP contribution is 2.32. The quantitative estimate of drug-likeness (QED) is 0.775. The molecule has 1 fully saturated rings. The van der Waals surface area contributed by atoms with Gasteiger partial charge in [0.15, 0.2) is 0 Å². The molecule has 1 aromatic rings. The zero-order valence-corrected chi connectivity index (χ0v) is 11.5. The summed E-state index contributed by atoms with van der Waals surface area (Å²) in [6.45, 7) is 5.38. The van der Waals surface area contributed by atoms with Crippen LogP contribution in [0.5, 0.6) is 0 Å². The predicted molar refractivity (Wildman–Crippen MR) is 73.1 cm³/mol. The van der Waals surface area contributed by atoms with E-state index >= 15 is 0 Å². The molecule has 1 saturated heterocycles. The zero-order valence-electron chi connectivity index (χ0n) is 9.96. The highest BCUT2D eigenvalue weighted by molar-refractivity contribution is 9.10. The molecular formula is C12H16BrN3O. The number of anilines is 2. The fraction of sp³-hybridized carbons (Fsp3) is 0.417. The number of hydrogen-bond donors (Lipinski definition) is 2. The number of hydrogen-bond acceptors (Lipinski definition) is 3. The van der Waals surface area contributed by atoms with Crippen molar-refractivity contribution in [3.8, 4) is 0 Å². The van der Waals surface area contributed by atoms with Crippen LogP contribution in [0.15, 0.2) is 16.6 Å². The number of carbonyl (C=O) groups is 1. The lowest BCUT2D eigenvalue weighted by atomic mass is 10.1. The fourth-order valence-corrected chi connectivity index (χ4v) is 2.60. The first kappa shape index (κ1) is 12.2. The standard InChI is InChI=1S/C12H16BrN3O/c1-7-5-11(9(13)6-10(7)14)16-4-3-15-12(17)8(16)2/h5-6,8H,3-4,14H2,1-2H3,(H,15,17). The number of halogens is 1. The molecule has 5 heteroatoms. The molecule has 92 valence electrons. The van der Waals surface area contributed by atoms with Crippen LogP contribution in [0.1, 0.15) is 12.5 Å². The number of piperazine rings is 1. The lowest BCUT2D eigenvalue weighted by molar-refractivity contribution is -0.122. The van der Waals surface area contributed by atoms with Crippen LogP contribution in [0.4, 0.5) is 11.4 Å². The second kappa shape index (κ2) is 4.56. The van der Waals surface area contributed by atoms with Gasteiger partial charge in [0.05, 0.1) is 5.69 Å². The van der Waals surface area contributed by atoms with Crippen LogP contribution in [-0.4, -0.2) is 25.0 Å². The van der Waals surface area contributed by atoms with Crippen LogP contribution in [-0.2, 0) is 4.79 Å². The topological polar surface area (TPSA) is 58.4 Å². The number of nitrogens with one attached hydrogen (secondary N) is 1. The monoisotopic (exact) mass is 297 g/mol. The summed E-state index contributed by atoms with van der Waals surface area (Å²) in [5, 5.41) is 2.86. The van der Waals surface area contributed by atoms with E-state index in [0.717, 1.165) is 28.0 Å². The molecule has 0 spiro atoms. The molecule has 0 saturated carbocycles. The molecule has 1 aromatic carbocycles. The van der Waals surface area contributed by atoms with Gasteiger partial charge in [-0.3, -0.25) is 4.79 Å². The molecule has 0 radical (unpaired) electrons. The van der Waals surface area contributed by atoms with Gasteiger partial charge in [-0.25, -0.2) is 0 Å². The molecule has 1 aliphatic heterocycles. The molecule has 0 aromatic heterocycles. The third kappa shape index (κ3) is 2.24. The smallest absolute Gasteiger partial charge is 0.242 e. The van der Waals surface area contributed by atoms with Crippen molar-refractivity contribution in [2.24, 2.45) is 0 Å². The normalized spacial score (nSPS) is 20.3. The maximum Gasteiger partial charge on any atom is 0.242 e. The van der Waals surface area contributed by atoms with E-state index in [1.54, 1.807) is 0 Å². The molecule has 1 aliphatic rings. The molecule has 0 bridgehead atoms. The van der Waals surface area contributed by atoms with Crippen molar-refractivity contribution in [1.29, 1.82) is 0 Å². The Morgan fingerprint density at radius 3 is 2.94 bits per heavy atom. The van der Waals surface area contributed by atoms with Crippen LogP contribution in [0, 0.1) is 6.92 Å². The number of amides is 1. The number of nitrogens with zero attached hydrogens (tertiary/aromatic N) is 1. The number of benzene rings is 1. The van der Waals surface area contributed by atoms with Crippen molar-refractivity contribution in [2.45, 2.75) is 19.9 Å². The molecule has 17 heavy (non-hydrogen) atoms. The van der Waals surface area contributed by atoms with Gasteiger partial charge in [-0.2, -0.15) is 0 Å². The lowest BCUT2D eigenvalue weighted by Gasteiger charge is -2.35. The summed E-state index contributed by atoms with van der Waals surface area (Å²) in [6, 6.07) is 3.77. The van der Waals surface area contributed by atoms with Crippen LogP contribution >= 0.6 is 15.9 Å². The highest BCUT2D eigenvalue weighted by Gasteiger charge is 2.26. The van der Waals surface area contributed by atoms with Crippen LogP contribution in [0.25, 0.3) is 0 Å². The van der Waals surface area contributed by atoms with Gasteiger partial charge in [-0.1, -0.05) is 0 Å². The summed E-state index contributed by atoms with van der Waals surface area (Å²) in [6.07, 6.45) is 0. The van der Waals surface area contributed by atoms with Crippen molar-refractivity contribution in [2.75, 3.05) is 23.7 Å². The molecular weight excluding hydrogens is 282 g/mol. The minimum Gasteiger partial charge on any atom is -0.398 e. The van der Waals surface area contributed by atoms with Crippen molar-refractivity contribution in [1.82, 2.24) is 5.32 Å². The van der Waals surface area contributed by atoms with Gasteiger partial charge >= 0.3 is 0 Å². The van der Waals surface area contributed by atoms with Crippen molar-refractivity contribution in [3.05, 3.63) is 22.2 Å². The molecule has 4 nitrogen and oxygen atoms in total. The molecule has 1 heterocycles. The van der Waals surface area contributed by atoms with Crippen LogP contribution < -0.4 is 16.0 Å². The van der Waals surface area contributed by atoms with Gasteiger partial charge in [-0.05, 0) is 47.5 Å². The maximum absolute atomic E-state index is 11.6. The van der Waals surface area contributed by atoms with E-state index in [-0.39, 0.29) is 11.9 Å². The van der Waals surface area contributed by atoms with E-state index in [9.17, 15) is 4.79 Å². The Morgan fingerprint density at radius 1 is 1.53 bits per heavy atom. The average Bonchev–Trinajstić information content (AvgIpc) is 2.28. The molecule has 1 unspecified atom stereocenters. The summed E-state index contributed by atoms with van der Waals surface area (Å²) in [7, 11) is 0. The number of rotatable bonds is 1. The van der Waals surface area contributed by atoms with Crippen molar-refractivity contribution < 1.29 is 4.79 Å². The molecule has 0 aliphatic carbocycles. The largest absolute Gasteiger partial charge is 0.398 e. The fourth-order valence-electron chi connectivity index (χ4n) is 2.01. The second-order valence-electron chi connectivity index (χ2n) is 4.32. The summed E-state index contributed by atoms with van der Waals surface area (Å²) in [4.78, 5) is 13.7. The van der Waals surface area contributed by atoms with Gasteiger partial charge in [0.25, 0.3) is 0 Å². The minimum atomic E-state index is -0.150. The average molecular weight is 298 g/mol. The summed E-state index contributed by atoms with van der Waals surface area (Å²) >= 11 is 3.51. The van der Waals surface area contributed by atoms with E-state index in [2.05, 4.69) is 26.1 Å². The zero-order chi connectivity index (χ0) is 12.6. The molecule has 1 amide bonds. The van der Waals surface area contributed by atoms with E-state index in [0.29, 0.717) is 6.54 Å².